The summed E-state index contributed by atoms with van der Waals surface area (Å²) in [5.41, 5.74) is 1.88. The second-order valence-corrected chi connectivity index (χ2v) is 7.85. The minimum atomic E-state index is 0.0408. The third kappa shape index (κ3) is 3.20. The first kappa shape index (κ1) is 15.7. The molecule has 0 saturated heterocycles. The van der Waals surface area contributed by atoms with Crippen molar-refractivity contribution in [3.63, 3.8) is 0 Å². The highest BCUT2D eigenvalue weighted by molar-refractivity contribution is 7.98. The number of amides is 1. The number of hydrogen-bond donors (Lipinski definition) is 0. The molecule has 0 aliphatic heterocycles. The minimum Gasteiger partial charge on any atom is -0.345 e. The topological polar surface area (TPSA) is 51.0 Å². The zero-order valence-electron chi connectivity index (χ0n) is 14.1. The van der Waals surface area contributed by atoms with E-state index >= 15 is 0 Å². The molecule has 1 aromatic heterocycles. The lowest BCUT2D eigenvalue weighted by Crippen LogP contribution is -2.21. The summed E-state index contributed by atoms with van der Waals surface area (Å²) in [5, 5.41) is 9.92. The van der Waals surface area contributed by atoms with Crippen LogP contribution in [0.25, 0.3) is 0 Å². The van der Waals surface area contributed by atoms with Crippen LogP contribution in [0.1, 0.15) is 59.4 Å². The molecule has 1 aromatic carbocycles. The van der Waals surface area contributed by atoms with Crippen molar-refractivity contribution >= 4 is 17.7 Å². The number of carbonyl (C=O) groups excluding carboxylic acids is 1. The molecule has 4 rings (SSSR count). The summed E-state index contributed by atoms with van der Waals surface area (Å²) in [7, 11) is 3.56. The van der Waals surface area contributed by atoms with E-state index in [-0.39, 0.29) is 5.91 Å². The van der Waals surface area contributed by atoms with Gasteiger partial charge in [-0.25, -0.2) is 0 Å². The molecule has 1 amide bonds. The Morgan fingerprint density at radius 1 is 1.25 bits per heavy atom. The van der Waals surface area contributed by atoms with Gasteiger partial charge >= 0.3 is 0 Å². The SMILES string of the molecule is CN(C)C(=O)c1cccc(CSc2nnc(C3CC3)n2C2CC2)c1. The van der Waals surface area contributed by atoms with Gasteiger partial charge in [0.2, 0.25) is 0 Å². The number of benzene rings is 1. The Hall–Kier alpha value is -1.82. The summed E-state index contributed by atoms with van der Waals surface area (Å²) in [6, 6.07) is 8.48. The predicted octanol–water partition coefficient (Wildman–Crippen LogP) is 3.48. The molecule has 2 fully saturated rings. The van der Waals surface area contributed by atoms with Crippen LogP contribution in [0.2, 0.25) is 0 Å². The normalized spacial score (nSPS) is 17.1. The first-order valence-electron chi connectivity index (χ1n) is 8.51. The molecule has 2 aliphatic rings. The third-order valence-electron chi connectivity index (χ3n) is 4.49. The summed E-state index contributed by atoms with van der Waals surface area (Å²) in [5.74, 6) is 2.67. The molecule has 0 N–H and O–H groups in total. The number of thioether (sulfide) groups is 1. The Morgan fingerprint density at radius 2 is 2.04 bits per heavy atom. The summed E-state index contributed by atoms with van der Waals surface area (Å²) in [6.45, 7) is 0. The van der Waals surface area contributed by atoms with Gasteiger partial charge in [0, 0.05) is 37.4 Å². The lowest BCUT2D eigenvalue weighted by molar-refractivity contribution is 0.0827. The molecular weight excluding hydrogens is 320 g/mol. The fraction of sp³-hybridized carbons (Fsp3) is 0.500. The van der Waals surface area contributed by atoms with Gasteiger partial charge in [-0.15, -0.1) is 10.2 Å². The zero-order valence-corrected chi connectivity index (χ0v) is 14.9. The lowest BCUT2D eigenvalue weighted by atomic mass is 10.1. The highest BCUT2D eigenvalue weighted by Crippen LogP contribution is 2.46. The maximum atomic E-state index is 12.1. The van der Waals surface area contributed by atoms with E-state index in [1.165, 1.54) is 31.5 Å². The number of aromatic nitrogens is 3. The van der Waals surface area contributed by atoms with Gasteiger partial charge in [-0.3, -0.25) is 4.79 Å². The Bertz CT molecular complexity index is 762. The molecule has 0 bridgehead atoms. The van der Waals surface area contributed by atoms with Crippen molar-refractivity contribution in [1.29, 1.82) is 0 Å². The number of carbonyl (C=O) groups is 1. The van der Waals surface area contributed by atoms with Crippen molar-refractivity contribution in [1.82, 2.24) is 19.7 Å². The molecule has 0 unspecified atom stereocenters. The van der Waals surface area contributed by atoms with Crippen molar-refractivity contribution in [2.45, 2.75) is 48.6 Å². The van der Waals surface area contributed by atoms with Crippen LogP contribution < -0.4 is 0 Å². The van der Waals surface area contributed by atoms with E-state index in [1.54, 1.807) is 30.8 Å². The Kier molecular flexibility index (Phi) is 4.08. The maximum Gasteiger partial charge on any atom is 0.253 e. The van der Waals surface area contributed by atoms with E-state index in [1.807, 2.05) is 18.2 Å². The highest BCUT2D eigenvalue weighted by atomic mass is 32.2. The highest BCUT2D eigenvalue weighted by Gasteiger charge is 2.36. The van der Waals surface area contributed by atoms with Gasteiger partial charge in [0.05, 0.1) is 0 Å². The molecular formula is C18H22N4OS. The fourth-order valence-electron chi connectivity index (χ4n) is 2.88. The maximum absolute atomic E-state index is 12.1. The van der Waals surface area contributed by atoms with Gasteiger partial charge in [-0.1, -0.05) is 23.9 Å². The van der Waals surface area contributed by atoms with Crippen LogP contribution in [0, 0.1) is 0 Å². The largest absolute Gasteiger partial charge is 0.345 e. The smallest absolute Gasteiger partial charge is 0.253 e. The van der Waals surface area contributed by atoms with Crippen LogP contribution in [-0.2, 0) is 5.75 Å². The van der Waals surface area contributed by atoms with Gasteiger partial charge in [-0.05, 0) is 43.4 Å². The molecule has 2 aromatic rings. The molecule has 0 spiro atoms. The Morgan fingerprint density at radius 3 is 2.71 bits per heavy atom. The van der Waals surface area contributed by atoms with E-state index in [2.05, 4.69) is 20.8 Å². The number of rotatable bonds is 6. The summed E-state index contributed by atoms with van der Waals surface area (Å²) < 4.78 is 2.37. The molecule has 0 atom stereocenters. The summed E-state index contributed by atoms with van der Waals surface area (Å²) >= 11 is 1.73. The Labute approximate surface area is 146 Å². The molecule has 5 nitrogen and oxygen atoms in total. The fourth-order valence-corrected chi connectivity index (χ4v) is 3.84. The van der Waals surface area contributed by atoms with Crippen LogP contribution in [0.5, 0.6) is 0 Å². The van der Waals surface area contributed by atoms with Gasteiger partial charge in [0.15, 0.2) is 5.16 Å². The van der Waals surface area contributed by atoms with Crippen molar-refractivity contribution in [3.8, 4) is 0 Å². The first-order chi connectivity index (χ1) is 11.6. The van der Waals surface area contributed by atoms with Crippen molar-refractivity contribution < 1.29 is 4.79 Å². The summed E-state index contributed by atoms with van der Waals surface area (Å²) in [4.78, 5) is 13.7. The van der Waals surface area contributed by atoms with E-state index in [4.69, 9.17) is 0 Å². The molecule has 24 heavy (non-hydrogen) atoms. The standard InChI is InChI=1S/C18H22N4OS/c1-21(2)17(23)14-5-3-4-12(10-14)11-24-18-20-19-16(13-6-7-13)22(18)15-8-9-15/h3-5,10,13,15H,6-9,11H2,1-2H3. The molecule has 2 saturated carbocycles. The zero-order chi connectivity index (χ0) is 16.7. The number of hydrogen-bond acceptors (Lipinski definition) is 4. The van der Waals surface area contributed by atoms with Crippen LogP contribution in [-0.4, -0.2) is 39.7 Å². The average Bonchev–Trinajstić information content (AvgIpc) is 3.51. The molecule has 126 valence electrons. The monoisotopic (exact) mass is 342 g/mol. The second-order valence-electron chi connectivity index (χ2n) is 6.90. The molecule has 1 heterocycles. The van der Waals surface area contributed by atoms with Crippen LogP contribution in [0.15, 0.2) is 29.4 Å². The van der Waals surface area contributed by atoms with Crippen LogP contribution in [0.3, 0.4) is 0 Å². The van der Waals surface area contributed by atoms with E-state index in [9.17, 15) is 4.79 Å². The van der Waals surface area contributed by atoms with E-state index in [0.717, 1.165) is 22.0 Å². The Balaban J connectivity index is 1.49. The van der Waals surface area contributed by atoms with E-state index in [0.29, 0.717) is 12.0 Å². The predicted molar refractivity (Wildman–Crippen MR) is 94.3 cm³/mol. The van der Waals surface area contributed by atoms with Gasteiger partial charge in [0.25, 0.3) is 5.91 Å². The summed E-state index contributed by atoms with van der Waals surface area (Å²) in [6.07, 6.45) is 5.00. The van der Waals surface area contributed by atoms with Gasteiger partial charge in [0.1, 0.15) is 5.82 Å². The van der Waals surface area contributed by atoms with Gasteiger partial charge in [-0.2, -0.15) is 0 Å². The van der Waals surface area contributed by atoms with E-state index < -0.39 is 0 Å². The van der Waals surface area contributed by atoms with Crippen molar-refractivity contribution in [2.24, 2.45) is 0 Å². The lowest BCUT2D eigenvalue weighted by Gasteiger charge is -2.11. The molecule has 2 aliphatic carbocycles. The van der Waals surface area contributed by atoms with Crippen LogP contribution in [0.4, 0.5) is 0 Å². The van der Waals surface area contributed by atoms with Crippen LogP contribution >= 0.6 is 11.8 Å². The number of nitrogens with zero attached hydrogens (tertiary/aromatic N) is 4. The molecule has 0 radical (unpaired) electrons. The third-order valence-corrected chi connectivity index (χ3v) is 5.51. The van der Waals surface area contributed by atoms with Crippen molar-refractivity contribution in [2.75, 3.05) is 14.1 Å². The average molecular weight is 342 g/mol. The minimum absolute atomic E-state index is 0.0408. The van der Waals surface area contributed by atoms with Crippen molar-refractivity contribution in [3.05, 3.63) is 41.2 Å². The van der Waals surface area contributed by atoms with Gasteiger partial charge < -0.3 is 9.47 Å². The first-order valence-corrected chi connectivity index (χ1v) is 9.50. The molecule has 6 heteroatoms. The second kappa shape index (κ2) is 6.24. The quantitative estimate of drug-likeness (QED) is 0.754.